The fourth-order valence-corrected chi connectivity index (χ4v) is 2.90. The molecule has 0 radical (unpaired) electrons. The Morgan fingerprint density at radius 2 is 2.32 bits per heavy atom. The van der Waals surface area contributed by atoms with Crippen molar-refractivity contribution in [1.82, 2.24) is 10.6 Å². The first kappa shape index (κ1) is 14.2. The molecule has 0 bridgehead atoms. The maximum absolute atomic E-state index is 11.7. The average molecular weight is 294 g/mol. The molecule has 1 aliphatic carbocycles. The van der Waals surface area contributed by atoms with Crippen molar-refractivity contribution < 1.29 is 4.79 Å². The van der Waals surface area contributed by atoms with Crippen molar-refractivity contribution in [3.05, 3.63) is 34.0 Å². The second-order valence-electron chi connectivity index (χ2n) is 4.55. The minimum absolute atomic E-state index is 0.135. The predicted octanol–water partition coefficient (Wildman–Crippen LogP) is 3.24. The number of thiocarbonyl (C=S) groups is 1. The molecule has 2 rings (SSSR count). The molecule has 1 amide bonds. The van der Waals surface area contributed by atoms with E-state index in [-0.39, 0.29) is 5.91 Å². The molecule has 1 aromatic rings. The van der Waals surface area contributed by atoms with E-state index in [1.807, 2.05) is 11.4 Å². The molecule has 1 aliphatic rings. The number of hydrogen-bond donors (Lipinski definition) is 2. The quantitative estimate of drug-likeness (QED) is 0.661. The van der Waals surface area contributed by atoms with E-state index in [1.165, 1.54) is 42.6 Å². The van der Waals surface area contributed by atoms with E-state index in [0.29, 0.717) is 9.99 Å². The Kier molecular flexibility index (Phi) is 5.54. The molecule has 0 aromatic carbocycles. The highest BCUT2D eigenvalue weighted by molar-refractivity contribution is 7.80. The van der Waals surface area contributed by atoms with Crippen molar-refractivity contribution in [3.8, 4) is 0 Å². The topological polar surface area (TPSA) is 41.1 Å². The van der Waals surface area contributed by atoms with Gasteiger partial charge in [0.2, 0.25) is 0 Å². The van der Waals surface area contributed by atoms with E-state index in [0.717, 1.165) is 13.0 Å². The van der Waals surface area contributed by atoms with E-state index in [4.69, 9.17) is 12.2 Å². The molecule has 1 heterocycles. The maximum Gasteiger partial charge on any atom is 0.267 e. The highest BCUT2D eigenvalue weighted by atomic mass is 32.1. The van der Waals surface area contributed by atoms with Crippen LogP contribution < -0.4 is 10.6 Å². The number of carbonyl (C=O) groups excluding carboxylic acids is 1. The van der Waals surface area contributed by atoms with Crippen LogP contribution in [0.15, 0.2) is 29.2 Å². The summed E-state index contributed by atoms with van der Waals surface area (Å²) < 4.78 is 0. The number of allylic oxidation sites excluding steroid dienone is 1. The lowest BCUT2D eigenvalue weighted by Gasteiger charge is -2.14. The highest BCUT2D eigenvalue weighted by Gasteiger charge is 2.08. The lowest BCUT2D eigenvalue weighted by atomic mass is 9.97. The molecule has 0 aliphatic heterocycles. The minimum Gasteiger partial charge on any atom is -0.362 e. The number of rotatable bonds is 4. The molecule has 0 unspecified atom stereocenters. The summed E-state index contributed by atoms with van der Waals surface area (Å²) in [5.74, 6) is -0.135. The molecule has 0 spiro atoms. The van der Waals surface area contributed by atoms with Gasteiger partial charge in [-0.25, -0.2) is 0 Å². The van der Waals surface area contributed by atoms with Gasteiger partial charge in [-0.1, -0.05) is 17.7 Å². The zero-order valence-electron chi connectivity index (χ0n) is 10.8. The largest absolute Gasteiger partial charge is 0.362 e. The number of carbonyl (C=O) groups is 1. The number of amides is 1. The van der Waals surface area contributed by atoms with E-state index >= 15 is 0 Å². The average Bonchev–Trinajstić information content (AvgIpc) is 2.94. The van der Waals surface area contributed by atoms with Gasteiger partial charge < -0.3 is 5.32 Å². The Morgan fingerprint density at radius 3 is 3.00 bits per heavy atom. The van der Waals surface area contributed by atoms with Gasteiger partial charge in [0.05, 0.1) is 4.88 Å². The summed E-state index contributed by atoms with van der Waals surface area (Å²) in [4.78, 5) is 12.4. The minimum atomic E-state index is -0.135. The SMILES string of the molecule is O=C(NC(=S)NCCC1=CCCCC1)c1cccs1. The lowest BCUT2D eigenvalue weighted by Crippen LogP contribution is -2.39. The number of thiophene rings is 1. The molecule has 3 nitrogen and oxygen atoms in total. The third-order valence-electron chi connectivity index (χ3n) is 3.09. The summed E-state index contributed by atoms with van der Waals surface area (Å²) in [6.07, 6.45) is 8.36. The summed E-state index contributed by atoms with van der Waals surface area (Å²) in [5, 5.41) is 8.07. The monoisotopic (exact) mass is 294 g/mol. The van der Waals surface area contributed by atoms with Crippen LogP contribution in [-0.2, 0) is 0 Å². The van der Waals surface area contributed by atoms with E-state index < -0.39 is 0 Å². The van der Waals surface area contributed by atoms with Crippen molar-refractivity contribution in [2.45, 2.75) is 32.1 Å². The van der Waals surface area contributed by atoms with Gasteiger partial charge in [-0.05, 0) is 55.8 Å². The van der Waals surface area contributed by atoms with Crippen LogP contribution in [0.5, 0.6) is 0 Å². The zero-order chi connectivity index (χ0) is 13.5. The van der Waals surface area contributed by atoms with E-state index in [9.17, 15) is 4.79 Å². The second-order valence-corrected chi connectivity index (χ2v) is 5.90. The van der Waals surface area contributed by atoms with Gasteiger partial charge in [0.15, 0.2) is 5.11 Å². The zero-order valence-corrected chi connectivity index (χ0v) is 12.4. The third kappa shape index (κ3) is 4.76. The van der Waals surface area contributed by atoms with Gasteiger partial charge in [0, 0.05) is 6.54 Å². The first-order chi connectivity index (χ1) is 9.25. The standard InChI is InChI=1S/C14H18N2OS2/c17-13(12-7-4-10-19-12)16-14(18)15-9-8-11-5-2-1-3-6-11/h4-5,7,10H,1-3,6,8-9H2,(H2,15,16,17,18). The van der Waals surface area contributed by atoms with Crippen LogP contribution in [0.1, 0.15) is 41.8 Å². The van der Waals surface area contributed by atoms with Gasteiger partial charge in [0.1, 0.15) is 0 Å². The fourth-order valence-electron chi connectivity index (χ4n) is 2.08. The molecular formula is C14H18N2OS2. The van der Waals surface area contributed by atoms with Gasteiger partial charge in [-0.3, -0.25) is 10.1 Å². The summed E-state index contributed by atoms with van der Waals surface area (Å²) in [7, 11) is 0. The van der Waals surface area contributed by atoms with Crippen LogP contribution in [-0.4, -0.2) is 17.6 Å². The molecule has 1 aromatic heterocycles. The molecule has 102 valence electrons. The lowest BCUT2D eigenvalue weighted by molar-refractivity contribution is 0.0980. The normalized spacial score (nSPS) is 14.6. The fraction of sp³-hybridized carbons (Fsp3) is 0.429. The van der Waals surface area contributed by atoms with Crippen LogP contribution in [0, 0.1) is 0 Å². The predicted molar refractivity (Wildman–Crippen MR) is 83.6 cm³/mol. The molecule has 5 heteroatoms. The smallest absolute Gasteiger partial charge is 0.267 e. The summed E-state index contributed by atoms with van der Waals surface area (Å²) in [6.45, 7) is 0.787. The molecule has 0 saturated carbocycles. The highest BCUT2D eigenvalue weighted by Crippen LogP contribution is 2.19. The molecular weight excluding hydrogens is 276 g/mol. The summed E-state index contributed by atoms with van der Waals surface area (Å²) >= 11 is 6.52. The van der Waals surface area contributed by atoms with E-state index in [2.05, 4.69) is 16.7 Å². The second kappa shape index (κ2) is 7.40. The first-order valence-corrected chi connectivity index (χ1v) is 7.85. The molecule has 0 fully saturated rings. The third-order valence-corrected chi connectivity index (χ3v) is 4.20. The Balaban J connectivity index is 1.67. The summed E-state index contributed by atoms with van der Waals surface area (Å²) in [5.41, 5.74) is 1.51. The van der Waals surface area contributed by atoms with Crippen LogP contribution in [0.2, 0.25) is 0 Å². The molecule has 19 heavy (non-hydrogen) atoms. The van der Waals surface area contributed by atoms with Gasteiger partial charge in [-0.15, -0.1) is 11.3 Å². The Bertz CT molecular complexity index is 466. The Morgan fingerprint density at radius 1 is 1.42 bits per heavy atom. The maximum atomic E-state index is 11.7. The van der Waals surface area contributed by atoms with Gasteiger partial charge in [0.25, 0.3) is 5.91 Å². The van der Waals surface area contributed by atoms with Crippen LogP contribution in [0.3, 0.4) is 0 Å². The van der Waals surface area contributed by atoms with Crippen molar-refractivity contribution in [2.75, 3.05) is 6.54 Å². The first-order valence-electron chi connectivity index (χ1n) is 6.56. The molecule has 0 saturated heterocycles. The van der Waals surface area contributed by atoms with Crippen molar-refractivity contribution >= 4 is 34.6 Å². The number of nitrogens with one attached hydrogen (secondary N) is 2. The van der Waals surface area contributed by atoms with Gasteiger partial charge in [-0.2, -0.15) is 0 Å². The van der Waals surface area contributed by atoms with Crippen LogP contribution in [0.4, 0.5) is 0 Å². The molecule has 0 atom stereocenters. The van der Waals surface area contributed by atoms with Crippen molar-refractivity contribution in [1.29, 1.82) is 0 Å². The molecule has 2 N–H and O–H groups in total. The van der Waals surface area contributed by atoms with Crippen molar-refractivity contribution in [3.63, 3.8) is 0 Å². The van der Waals surface area contributed by atoms with Crippen LogP contribution in [0.25, 0.3) is 0 Å². The summed E-state index contributed by atoms with van der Waals surface area (Å²) in [6, 6.07) is 3.64. The van der Waals surface area contributed by atoms with Crippen LogP contribution >= 0.6 is 23.6 Å². The Labute approximate surface area is 123 Å². The Hall–Kier alpha value is -1.20. The van der Waals surface area contributed by atoms with Gasteiger partial charge >= 0.3 is 0 Å². The van der Waals surface area contributed by atoms with Crippen molar-refractivity contribution in [2.24, 2.45) is 0 Å². The number of hydrogen-bond acceptors (Lipinski definition) is 3. The van der Waals surface area contributed by atoms with E-state index in [1.54, 1.807) is 6.07 Å².